The second-order valence-corrected chi connectivity index (χ2v) is 7.00. The first-order valence-corrected chi connectivity index (χ1v) is 8.12. The molecule has 3 nitrogen and oxygen atoms in total. The first-order chi connectivity index (χ1) is 9.16. The summed E-state index contributed by atoms with van der Waals surface area (Å²) in [4.78, 5) is 15.6. The molecule has 1 aliphatic carbocycles. The average Bonchev–Trinajstić information content (AvgIpc) is 3.01. The lowest BCUT2D eigenvalue weighted by Gasteiger charge is -2.39. The number of carbonyl (C=O) groups excluding carboxylic acids is 1. The molecule has 1 N–H and O–H groups in total. The minimum atomic E-state index is 0.109. The Balaban J connectivity index is 1.79. The molecule has 1 amide bonds. The summed E-state index contributed by atoms with van der Waals surface area (Å²) in [5.41, 5.74) is 0. The lowest BCUT2D eigenvalue weighted by molar-refractivity contribution is -0.131. The monoisotopic (exact) mass is 278 g/mol. The van der Waals surface area contributed by atoms with Crippen LogP contribution in [0.5, 0.6) is 0 Å². The smallest absolute Gasteiger partial charge is 0.238 e. The topological polar surface area (TPSA) is 32.3 Å². The van der Waals surface area contributed by atoms with Gasteiger partial charge in [0.2, 0.25) is 5.91 Å². The van der Waals surface area contributed by atoms with Crippen molar-refractivity contribution in [3.05, 3.63) is 22.4 Å². The van der Waals surface area contributed by atoms with Crippen LogP contribution in [-0.2, 0) is 4.79 Å². The summed E-state index contributed by atoms with van der Waals surface area (Å²) in [6, 6.07) is 4.61. The summed E-state index contributed by atoms with van der Waals surface area (Å²) in [6.45, 7) is 5.15. The fraction of sp³-hybridized carbons (Fsp3) is 0.667. The van der Waals surface area contributed by atoms with E-state index in [4.69, 9.17) is 0 Å². The van der Waals surface area contributed by atoms with Gasteiger partial charge in [0.05, 0.1) is 6.54 Å². The molecule has 1 saturated heterocycles. The second-order valence-electron chi connectivity index (χ2n) is 6.02. The predicted molar refractivity (Wildman–Crippen MR) is 77.9 cm³/mol. The van der Waals surface area contributed by atoms with Crippen LogP contribution in [0.3, 0.4) is 0 Å². The molecule has 19 heavy (non-hydrogen) atoms. The minimum Gasteiger partial charge on any atom is -0.318 e. The van der Waals surface area contributed by atoms with Crippen LogP contribution in [0.4, 0.5) is 0 Å². The van der Waals surface area contributed by atoms with Gasteiger partial charge in [0, 0.05) is 10.9 Å². The molecule has 1 aliphatic heterocycles. The van der Waals surface area contributed by atoms with Crippen molar-refractivity contribution in [1.82, 2.24) is 10.2 Å². The molecule has 4 unspecified atom stereocenters. The van der Waals surface area contributed by atoms with Crippen molar-refractivity contribution >= 4 is 17.2 Å². The van der Waals surface area contributed by atoms with Crippen LogP contribution in [0.1, 0.15) is 44.2 Å². The molecule has 2 heterocycles. The van der Waals surface area contributed by atoms with E-state index in [1.165, 1.54) is 11.3 Å². The van der Waals surface area contributed by atoms with E-state index < -0.39 is 0 Å². The van der Waals surface area contributed by atoms with Crippen molar-refractivity contribution in [3.63, 3.8) is 0 Å². The number of hydrogen-bond donors (Lipinski definition) is 1. The zero-order valence-corrected chi connectivity index (χ0v) is 12.5. The molecule has 0 bridgehead atoms. The molecule has 104 valence electrons. The summed E-state index contributed by atoms with van der Waals surface area (Å²) in [5, 5.41) is 5.46. The van der Waals surface area contributed by atoms with Crippen molar-refractivity contribution in [2.45, 2.75) is 45.3 Å². The van der Waals surface area contributed by atoms with Crippen LogP contribution in [0.15, 0.2) is 17.5 Å². The van der Waals surface area contributed by atoms with E-state index in [1.54, 1.807) is 11.3 Å². The van der Waals surface area contributed by atoms with Crippen LogP contribution >= 0.6 is 11.3 Å². The fourth-order valence-electron chi connectivity index (χ4n) is 3.39. The number of rotatable bonds is 2. The van der Waals surface area contributed by atoms with Crippen molar-refractivity contribution in [3.8, 4) is 0 Å². The SMILES string of the molecule is CC1CCC(N2C(=O)CNC2c2cccs2)CC1C. The summed E-state index contributed by atoms with van der Waals surface area (Å²) in [6.07, 6.45) is 3.66. The third-order valence-corrected chi connectivity index (χ3v) is 5.71. The molecule has 2 fully saturated rings. The van der Waals surface area contributed by atoms with Gasteiger partial charge in [0.15, 0.2) is 0 Å². The fourth-order valence-corrected chi connectivity index (χ4v) is 4.19. The van der Waals surface area contributed by atoms with Crippen molar-refractivity contribution in [2.24, 2.45) is 11.8 Å². The van der Waals surface area contributed by atoms with E-state index in [0.29, 0.717) is 12.6 Å². The van der Waals surface area contributed by atoms with E-state index in [0.717, 1.165) is 24.7 Å². The standard InChI is InChI=1S/C15H22N2OS/c1-10-5-6-12(8-11(10)2)17-14(18)9-16-15(17)13-4-3-7-19-13/h3-4,7,10-12,15-16H,5-6,8-9H2,1-2H3. The van der Waals surface area contributed by atoms with E-state index in [2.05, 4.69) is 41.6 Å². The van der Waals surface area contributed by atoms with Gasteiger partial charge in [-0.3, -0.25) is 10.1 Å². The molecule has 0 aromatic carbocycles. The molecule has 0 spiro atoms. The van der Waals surface area contributed by atoms with Gasteiger partial charge in [-0.1, -0.05) is 19.9 Å². The van der Waals surface area contributed by atoms with Crippen LogP contribution in [0.2, 0.25) is 0 Å². The third-order valence-electron chi connectivity index (χ3n) is 4.79. The number of amides is 1. The van der Waals surface area contributed by atoms with Crippen LogP contribution in [0, 0.1) is 11.8 Å². The maximum atomic E-state index is 12.2. The molecule has 4 heteroatoms. The Morgan fingerprint density at radius 3 is 2.84 bits per heavy atom. The average molecular weight is 278 g/mol. The number of nitrogens with one attached hydrogen (secondary N) is 1. The van der Waals surface area contributed by atoms with Crippen LogP contribution in [-0.4, -0.2) is 23.4 Å². The van der Waals surface area contributed by atoms with Gasteiger partial charge in [0.1, 0.15) is 6.17 Å². The normalized spacial score (nSPS) is 35.9. The predicted octanol–water partition coefficient (Wildman–Crippen LogP) is 3.00. The number of nitrogens with zero attached hydrogens (tertiary/aromatic N) is 1. The maximum absolute atomic E-state index is 12.2. The summed E-state index contributed by atoms with van der Waals surface area (Å²) >= 11 is 1.73. The van der Waals surface area contributed by atoms with Gasteiger partial charge in [-0.15, -0.1) is 11.3 Å². The molecule has 1 saturated carbocycles. The first kappa shape index (κ1) is 13.1. The number of hydrogen-bond acceptors (Lipinski definition) is 3. The molecule has 2 aliphatic rings. The Bertz CT molecular complexity index is 445. The lowest BCUT2D eigenvalue weighted by Crippen LogP contribution is -2.43. The van der Waals surface area contributed by atoms with Crippen molar-refractivity contribution in [1.29, 1.82) is 0 Å². The highest BCUT2D eigenvalue weighted by molar-refractivity contribution is 7.10. The van der Waals surface area contributed by atoms with Crippen LogP contribution in [0.25, 0.3) is 0 Å². The minimum absolute atomic E-state index is 0.109. The van der Waals surface area contributed by atoms with Gasteiger partial charge in [-0.25, -0.2) is 0 Å². The third kappa shape index (κ3) is 2.43. The summed E-state index contributed by atoms with van der Waals surface area (Å²) in [7, 11) is 0. The van der Waals surface area contributed by atoms with E-state index in [9.17, 15) is 4.79 Å². The molecule has 1 aromatic rings. The Labute approximate surface area is 119 Å². The lowest BCUT2D eigenvalue weighted by atomic mass is 9.78. The number of carbonyl (C=O) groups is 1. The Hall–Kier alpha value is -0.870. The molecule has 0 radical (unpaired) electrons. The van der Waals surface area contributed by atoms with Crippen LogP contribution < -0.4 is 5.32 Å². The van der Waals surface area contributed by atoms with Gasteiger partial charge in [0.25, 0.3) is 0 Å². The Morgan fingerprint density at radius 1 is 1.32 bits per heavy atom. The Morgan fingerprint density at radius 2 is 2.16 bits per heavy atom. The first-order valence-electron chi connectivity index (χ1n) is 7.24. The molecule has 1 aromatic heterocycles. The quantitative estimate of drug-likeness (QED) is 0.902. The maximum Gasteiger partial charge on any atom is 0.238 e. The zero-order valence-electron chi connectivity index (χ0n) is 11.6. The van der Waals surface area contributed by atoms with Gasteiger partial charge >= 0.3 is 0 Å². The van der Waals surface area contributed by atoms with E-state index in [-0.39, 0.29) is 12.1 Å². The van der Waals surface area contributed by atoms with Gasteiger partial charge in [-0.05, 0) is 42.5 Å². The van der Waals surface area contributed by atoms with E-state index in [1.807, 2.05) is 0 Å². The zero-order chi connectivity index (χ0) is 13.4. The molecular weight excluding hydrogens is 256 g/mol. The Kier molecular flexibility index (Phi) is 3.63. The van der Waals surface area contributed by atoms with E-state index >= 15 is 0 Å². The largest absolute Gasteiger partial charge is 0.318 e. The molecule has 4 atom stereocenters. The second kappa shape index (κ2) is 5.25. The van der Waals surface area contributed by atoms with Crippen molar-refractivity contribution < 1.29 is 4.79 Å². The van der Waals surface area contributed by atoms with Gasteiger partial charge < -0.3 is 4.90 Å². The highest BCUT2D eigenvalue weighted by Crippen LogP contribution is 2.37. The number of thiophene rings is 1. The summed E-state index contributed by atoms with van der Waals surface area (Å²) in [5.74, 6) is 1.78. The van der Waals surface area contributed by atoms with Crippen molar-refractivity contribution in [2.75, 3.05) is 6.54 Å². The highest BCUT2D eigenvalue weighted by Gasteiger charge is 2.39. The highest BCUT2D eigenvalue weighted by atomic mass is 32.1. The molecule has 3 rings (SSSR count). The molecular formula is C15H22N2OS. The summed E-state index contributed by atoms with van der Waals surface area (Å²) < 4.78 is 0. The van der Waals surface area contributed by atoms with Gasteiger partial charge in [-0.2, -0.15) is 0 Å².